The quantitative estimate of drug-likeness (QED) is 0.736. The minimum absolute atomic E-state index is 0.103. The van der Waals surface area contributed by atoms with Crippen LogP contribution in [0, 0.1) is 19.8 Å². The highest BCUT2D eigenvalue weighted by atomic mass is 16.5. The number of aryl methyl sites for hydroxylation is 2. The fraction of sp³-hybridized carbons (Fsp3) is 0.474. The zero-order valence-corrected chi connectivity index (χ0v) is 15.3. The number of amides is 1. The zero-order chi connectivity index (χ0) is 18.3. The maximum atomic E-state index is 12.8. The Labute approximate surface area is 151 Å². The minimum atomic E-state index is -0.103. The predicted octanol–water partition coefficient (Wildman–Crippen LogP) is 2.98. The third kappa shape index (κ3) is 3.34. The first-order valence-corrected chi connectivity index (χ1v) is 9.06. The molecule has 0 aromatic carbocycles. The van der Waals surface area contributed by atoms with Crippen molar-refractivity contribution in [1.82, 2.24) is 25.2 Å². The van der Waals surface area contributed by atoms with Crippen molar-refractivity contribution in [2.45, 2.75) is 46.1 Å². The number of pyridine rings is 1. The van der Waals surface area contributed by atoms with Crippen LogP contribution in [0.2, 0.25) is 0 Å². The molecule has 0 saturated heterocycles. The maximum absolute atomic E-state index is 12.8. The summed E-state index contributed by atoms with van der Waals surface area (Å²) < 4.78 is 7.22. The number of rotatable bonds is 6. The predicted molar refractivity (Wildman–Crippen MR) is 97.0 cm³/mol. The lowest BCUT2D eigenvalue weighted by atomic mass is 10.1. The first-order valence-electron chi connectivity index (χ1n) is 9.06. The molecule has 0 aliphatic heterocycles. The second-order valence-corrected chi connectivity index (χ2v) is 7.31. The van der Waals surface area contributed by atoms with Gasteiger partial charge in [0, 0.05) is 30.9 Å². The van der Waals surface area contributed by atoms with E-state index in [9.17, 15) is 4.79 Å². The minimum Gasteiger partial charge on any atom is -0.352 e. The highest BCUT2D eigenvalue weighted by Gasteiger charge is 2.28. The summed E-state index contributed by atoms with van der Waals surface area (Å²) in [5, 5.41) is 12.1. The van der Waals surface area contributed by atoms with E-state index in [4.69, 9.17) is 4.52 Å². The van der Waals surface area contributed by atoms with Gasteiger partial charge in [0.1, 0.15) is 0 Å². The van der Waals surface area contributed by atoms with E-state index < -0.39 is 0 Å². The Hall–Kier alpha value is -2.70. The standard InChI is InChI=1S/C19H23N5O2/c1-11(10-24-7-6-12(2)22-24)9-20-18(25)15-8-16(14-4-5-14)21-19-17(15)13(3)23-26-19/h6-8,11,14H,4-5,9-10H2,1-3H3,(H,20,25)/t11-/m0/s1. The lowest BCUT2D eigenvalue weighted by molar-refractivity contribution is 0.0948. The summed E-state index contributed by atoms with van der Waals surface area (Å²) in [4.78, 5) is 17.4. The molecule has 1 N–H and O–H groups in total. The smallest absolute Gasteiger partial charge is 0.259 e. The molecule has 7 heteroatoms. The van der Waals surface area contributed by atoms with Crippen molar-refractivity contribution in [2.75, 3.05) is 6.54 Å². The topological polar surface area (TPSA) is 85.8 Å². The van der Waals surface area contributed by atoms with Crippen LogP contribution in [0.5, 0.6) is 0 Å². The lowest BCUT2D eigenvalue weighted by Gasteiger charge is -2.13. The lowest BCUT2D eigenvalue weighted by Crippen LogP contribution is -2.30. The first kappa shape index (κ1) is 16.8. The highest BCUT2D eigenvalue weighted by molar-refractivity contribution is 6.06. The molecule has 0 spiro atoms. The summed E-state index contributed by atoms with van der Waals surface area (Å²) in [5.41, 5.74) is 3.68. The van der Waals surface area contributed by atoms with Crippen LogP contribution in [0.3, 0.4) is 0 Å². The maximum Gasteiger partial charge on any atom is 0.259 e. The van der Waals surface area contributed by atoms with Crippen LogP contribution < -0.4 is 5.32 Å². The zero-order valence-electron chi connectivity index (χ0n) is 15.3. The molecule has 4 rings (SSSR count). The summed E-state index contributed by atoms with van der Waals surface area (Å²) in [7, 11) is 0. The van der Waals surface area contributed by atoms with Crippen molar-refractivity contribution in [3.63, 3.8) is 0 Å². The van der Waals surface area contributed by atoms with E-state index in [1.165, 1.54) is 0 Å². The average Bonchev–Trinajstić information content (AvgIpc) is 3.30. The number of fused-ring (bicyclic) bond motifs is 1. The molecule has 136 valence electrons. The molecule has 1 fully saturated rings. The van der Waals surface area contributed by atoms with E-state index in [1.54, 1.807) is 0 Å². The summed E-state index contributed by atoms with van der Waals surface area (Å²) in [6, 6.07) is 3.88. The van der Waals surface area contributed by atoms with Crippen LogP contribution in [-0.4, -0.2) is 32.4 Å². The largest absolute Gasteiger partial charge is 0.352 e. The molecule has 1 atom stereocenters. The molecular weight excluding hydrogens is 330 g/mol. The fourth-order valence-electron chi connectivity index (χ4n) is 3.19. The van der Waals surface area contributed by atoms with E-state index in [2.05, 4.69) is 27.5 Å². The average molecular weight is 353 g/mol. The Kier molecular flexibility index (Phi) is 4.22. The Balaban J connectivity index is 1.49. The number of nitrogens with one attached hydrogen (secondary N) is 1. The van der Waals surface area contributed by atoms with Crippen LogP contribution in [0.4, 0.5) is 0 Å². The molecule has 3 aromatic rings. The Morgan fingerprint density at radius 2 is 2.23 bits per heavy atom. The molecule has 26 heavy (non-hydrogen) atoms. The van der Waals surface area contributed by atoms with Gasteiger partial charge in [-0.25, -0.2) is 4.98 Å². The van der Waals surface area contributed by atoms with Crippen LogP contribution in [0.15, 0.2) is 22.9 Å². The van der Waals surface area contributed by atoms with Gasteiger partial charge in [-0.3, -0.25) is 9.48 Å². The van der Waals surface area contributed by atoms with Crippen molar-refractivity contribution in [1.29, 1.82) is 0 Å². The Morgan fingerprint density at radius 1 is 1.42 bits per heavy atom. The molecule has 1 amide bonds. The van der Waals surface area contributed by atoms with Crippen molar-refractivity contribution in [2.24, 2.45) is 5.92 Å². The number of carbonyl (C=O) groups is 1. The first-order chi connectivity index (χ1) is 12.5. The van der Waals surface area contributed by atoms with E-state index in [1.807, 2.05) is 36.9 Å². The van der Waals surface area contributed by atoms with E-state index >= 15 is 0 Å². The van der Waals surface area contributed by atoms with Crippen LogP contribution in [-0.2, 0) is 6.54 Å². The van der Waals surface area contributed by atoms with Crippen LogP contribution in [0.25, 0.3) is 11.1 Å². The number of aromatic nitrogens is 4. The van der Waals surface area contributed by atoms with Gasteiger partial charge in [0.05, 0.1) is 22.3 Å². The van der Waals surface area contributed by atoms with Crippen LogP contribution >= 0.6 is 0 Å². The van der Waals surface area contributed by atoms with Crippen molar-refractivity contribution < 1.29 is 9.32 Å². The number of carbonyl (C=O) groups excluding carboxylic acids is 1. The van der Waals surface area contributed by atoms with Gasteiger partial charge in [0.25, 0.3) is 11.6 Å². The third-order valence-electron chi connectivity index (χ3n) is 4.76. The summed E-state index contributed by atoms with van der Waals surface area (Å²) >= 11 is 0. The molecule has 3 aromatic heterocycles. The van der Waals surface area contributed by atoms with Crippen molar-refractivity contribution >= 4 is 17.0 Å². The molecular formula is C19H23N5O2. The van der Waals surface area contributed by atoms with E-state index in [0.29, 0.717) is 34.8 Å². The Bertz CT molecular complexity index is 954. The molecule has 0 unspecified atom stereocenters. The van der Waals surface area contributed by atoms with Gasteiger partial charge in [0.15, 0.2) is 0 Å². The monoisotopic (exact) mass is 353 g/mol. The van der Waals surface area contributed by atoms with Gasteiger partial charge in [0.2, 0.25) is 0 Å². The normalized spacial score (nSPS) is 15.3. The second-order valence-electron chi connectivity index (χ2n) is 7.31. The van der Waals surface area contributed by atoms with Gasteiger partial charge >= 0.3 is 0 Å². The number of hydrogen-bond donors (Lipinski definition) is 1. The van der Waals surface area contributed by atoms with Gasteiger partial charge < -0.3 is 9.84 Å². The molecule has 7 nitrogen and oxygen atoms in total. The summed E-state index contributed by atoms with van der Waals surface area (Å²) in [5.74, 6) is 0.606. The van der Waals surface area contributed by atoms with Crippen LogP contribution in [0.1, 0.15) is 53.1 Å². The molecule has 1 saturated carbocycles. The van der Waals surface area contributed by atoms with Crippen molar-refractivity contribution in [3.05, 3.63) is 41.0 Å². The van der Waals surface area contributed by atoms with Gasteiger partial charge in [-0.1, -0.05) is 12.1 Å². The number of hydrogen-bond acceptors (Lipinski definition) is 5. The van der Waals surface area contributed by atoms with E-state index in [-0.39, 0.29) is 11.8 Å². The Morgan fingerprint density at radius 3 is 2.92 bits per heavy atom. The van der Waals surface area contributed by atoms with Crippen molar-refractivity contribution in [3.8, 4) is 0 Å². The van der Waals surface area contributed by atoms with Gasteiger partial charge in [-0.15, -0.1) is 0 Å². The summed E-state index contributed by atoms with van der Waals surface area (Å²) in [6.07, 6.45) is 4.20. The highest BCUT2D eigenvalue weighted by Crippen LogP contribution is 2.40. The van der Waals surface area contributed by atoms with E-state index in [0.717, 1.165) is 30.8 Å². The summed E-state index contributed by atoms with van der Waals surface area (Å²) in [6.45, 7) is 7.24. The third-order valence-corrected chi connectivity index (χ3v) is 4.76. The number of nitrogens with zero attached hydrogens (tertiary/aromatic N) is 4. The molecule has 1 aliphatic carbocycles. The second kappa shape index (κ2) is 6.55. The van der Waals surface area contributed by atoms with Gasteiger partial charge in [-0.2, -0.15) is 5.10 Å². The molecule has 3 heterocycles. The molecule has 1 aliphatic rings. The SMILES string of the molecule is Cc1ccn(C[C@@H](C)CNC(=O)c2cc(C3CC3)nc3onc(C)c23)n1. The van der Waals surface area contributed by atoms with Gasteiger partial charge in [-0.05, 0) is 44.7 Å². The fourth-order valence-corrected chi connectivity index (χ4v) is 3.19. The molecule has 0 bridgehead atoms. The molecule has 0 radical (unpaired) electrons.